The van der Waals surface area contributed by atoms with Gasteiger partial charge in [-0.05, 0) is 82.7 Å². The van der Waals surface area contributed by atoms with E-state index in [-0.39, 0.29) is 18.3 Å². The van der Waals surface area contributed by atoms with Crippen LogP contribution in [0.3, 0.4) is 0 Å². The van der Waals surface area contributed by atoms with Gasteiger partial charge in [0.1, 0.15) is 18.2 Å². The molecule has 172 valence electrons. The van der Waals surface area contributed by atoms with Gasteiger partial charge in [-0.25, -0.2) is 4.39 Å². The summed E-state index contributed by atoms with van der Waals surface area (Å²) < 4.78 is 20.7. The monoisotopic (exact) mass is 441 g/mol. The Balaban J connectivity index is 1.49. The molecule has 0 radical (unpaired) electrons. The van der Waals surface area contributed by atoms with E-state index in [2.05, 4.69) is 23.9 Å². The van der Waals surface area contributed by atoms with Crippen LogP contribution < -0.4 is 14.5 Å². The lowest BCUT2D eigenvalue weighted by Gasteiger charge is -2.30. The molecule has 1 N–H and O–H groups in total. The summed E-state index contributed by atoms with van der Waals surface area (Å²) in [6.07, 6.45) is 1.66. The summed E-state index contributed by atoms with van der Waals surface area (Å²) in [5.41, 5.74) is 1.75. The summed E-state index contributed by atoms with van der Waals surface area (Å²) in [6.45, 7) is 5.64. The van der Waals surface area contributed by atoms with Crippen LogP contribution in [0.5, 0.6) is 5.75 Å². The predicted octanol–water partition coefficient (Wildman–Crippen LogP) is 3.32. The number of halogens is 1. The minimum Gasteiger partial charge on any atom is -0.491 e. The molecule has 0 aromatic heterocycles. The highest BCUT2D eigenvalue weighted by Crippen LogP contribution is 2.32. The smallest absolute Gasteiger partial charge is 0.258 e. The number of carbonyl (C=O) groups is 1. The highest BCUT2D eigenvalue weighted by Gasteiger charge is 2.29. The number of likely N-dealkylation sites (N-methyl/N-ethyl adjacent to an activating group) is 1. The largest absolute Gasteiger partial charge is 0.491 e. The van der Waals surface area contributed by atoms with Crippen molar-refractivity contribution < 1.29 is 19.0 Å². The maximum absolute atomic E-state index is 15.0. The van der Waals surface area contributed by atoms with Gasteiger partial charge in [0.15, 0.2) is 0 Å². The van der Waals surface area contributed by atoms with Gasteiger partial charge in [0.05, 0.1) is 11.3 Å². The van der Waals surface area contributed by atoms with Gasteiger partial charge in [0.2, 0.25) is 0 Å². The van der Waals surface area contributed by atoms with Crippen LogP contribution in [0.4, 0.5) is 15.8 Å². The molecule has 2 aliphatic rings. The van der Waals surface area contributed by atoms with Gasteiger partial charge in [-0.15, -0.1) is 0 Å². The molecule has 1 atom stereocenters. The van der Waals surface area contributed by atoms with Crippen molar-refractivity contribution >= 4 is 17.3 Å². The zero-order valence-corrected chi connectivity index (χ0v) is 19.3. The fraction of sp³-hybridized carbons (Fsp3) is 0.480. The molecule has 6 nitrogen and oxygen atoms in total. The fourth-order valence-corrected chi connectivity index (χ4v) is 4.36. The Labute approximate surface area is 189 Å². The Hall–Kier alpha value is -2.64. The number of anilines is 2. The molecule has 7 heteroatoms. The van der Waals surface area contributed by atoms with Gasteiger partial charge >= 0.3 is 0 Å². The Morgan fingerprint density at radius 1 is 1.19 bits per heavy atom. The summed E-state index contributed by atoms with van der Waals surface area (Å²) >= 11 is 0. The molecule has 0 bridgehead atoms. The number of hydrogen-bond donors (Lipinski definition) is 1. The van der Waals surface area contributed by atoms with Crippen LogP contribution in [0.1, 0.15) is 36.2 Å². The molecule has 2 heterocycles. The molecular weight excluding hydrogens is 409 g/mol. The molecule has 4 rings (SSSR count). The predicted molar refractivity (Wildman–Crippen MR) is 124 cm³/mol. The average Bonchev–Trinajstić information content (AvgIpc) is 3.22. The summed E-state index contributed by atoms with van der Waals surface area (Å²) in [5.74, 6) is 0.196. The van der Waals surface area contributed by atoms with Crippen molar-refractivity contribution in [3.05, 3.63) is 53.3 Å². The first-order valence-electron chi connectivity index (χ1n) is 11.1. The van der Waals surface area contributed by atoms with Crippen molar-refractivity contribution in [1.29, 1.82) is 0 Å². The Morgan fingerprint density at radius 2 is 1.97 bits per heavy atom. The molecule has 2 aromatic carbocycles. The van der Waals surface area contributed by atoms with Gasteiger partial charge in [0, 0.05) is 36.9 Å². The maximum Gasteiger partial charge on any atom is 0.258 e. The highest BCUT2D eigenvalue weighted by molar-refractivity contribution is 6.08. The number of nitrogens with zero attached hydrogens (tertiary/aromatic N) is 3. The molecular formula is C25H32FN3O3. The fourth-order valence-electron chi connectivity index (χ4n) is 4.36. The van der Waals surface area contributed by atoms with Gasteiger partial charge in [-0.3, -0.25) is 4.79 Å². The Morgan fingerprint density at radius 3 is 2.62 bits per heavy atom. The van der Waals surface area contributed by atoms with Crippen LogP contribution in [-0.4, -0.2) is 67.9 Å². The first-order chi connectivity index (χ1) is 15.1. The maximum atomic E-state index is 15.0. The van der Waals surface area contributed by atoms with E-state index in [1.54, 1.807) is 36.9 Å². The molecule has 0 aliphatic carbocycles. The van der Waals surface area contributed by atoms with Crippen molar-refractivity contribution in [1.82, 2.24) is 4.90 Å². The van der Waals surface area contributed by atoms with Crippen LogP contribution >= 0.6 is 0 Å². The van der Waals surface area contributed by atoms with Crippen LogP contribution in [0.2, 0.25) is 0 Å². The second-order valence-electron chi connectivity index (χ2n) is 9.61. The van der Waals surface area contributed by atoms with Crippen LogP contribution in [0, 0.1) is 5.82 Å². The number of fused-ring (bicyclic) bond motifs is 1. The van der Waals surface area contributed by atoms with E-state index in [1.165, 1.54) is 6.07 Å². The van der Waals surface area contributed by atoms with Gasteiger partial charge in [0.25, 0.3) is 5.91 Å². The van der Waals surface area contributed by atoms with Crippen molar-refractivity contribution in [2.45, 2.75) is 38.3 Å². The summed E-state index contributed by atoms with van der Waals surface area (Å²) in [7, 11) is 4.10. The minimum atomic E-state index is -0.929. The van der Waals surface area contributed by atoms with Crippen LogP contribution in [0.25, 0.3) is 0 Å². The number of carbonyl (C=O) groups excluding carboxylic acids is 1. The summed E-state index contributed by atoms with van der Waals surface area (Å²) in [5, 5.41) is 9.85. The van der Waals surface area contributed by atoms with E-state index in [0.29, 0.717) is 41.7 Å². The van der Waals surface area contributed by atoms with Crippen molar-refractivity contribution in [2.75, 3.05) is 50.1 Å². The molecule has 2 aliphatic heterocycles. The first kappa shape index (κ1) is 22.6. The molecule has 0 spiro atoms. The zero-order chi connectivity index (χ0) is 23.0. The standard InChI is InChI=1S/C25H32FN3O3/c1-25(2,31)16-32-20-6-7-21-17(13-20)9-12-29(24(21)30)18-5-8-23(22(26)14-18)28-11-10-19(15-28)27(3)4/h5-8,13-14,19,31H,9-12,15-16H2,1-4H3/t19-/m1/s1. The third-order valence-corrected chi connectivity index (χ3v) is 6.23. The quantitative estimate of drug-likeness (QED) is 0.745. The molecule has 32 heavy (non-hydrogen) atoms. The molecule has 0 saturated carbocycles. The van der Waals surface area contributed by atoms with Gasteiger partial charge < -0.3 is 24.5 Å². The van der Waals surface area contributed by atoms with Gasteiger partial charge in [-0.1, -0.05) is 0 Å². The van der Waals surface area contributed by atoms with Gasteiger partial charge in [-0.2, -0.15) is 0 Å². The first-order valence-corrected chi connectivity index (χ1v) is 11.1. The van der Waals surface area contributed by atoms with E-state index < -0.39 is 5.60 Å². The number of rotatable bonds is 6. The van der Waals surface area contributed by atoms with E-state index in [9.17, 15) is 9.90 Å². The minimum absolute atomic E-state index is 0.138. The van der Waals surface area contributed by atoms with E-state index >= 15 is 4.39 Å². The molecule has 0 unspecified atom stereocenters. The average molecular weight is 442 g/mol. The Kier molecular flexibility index (Phi) is 6.14. The second-order valence-corrected chi connectivity index (χ2v) is 9.61. The van der Waals surface area contributed by atoms with Crippen molar-refractivity contribution in [3.8, 4) is 5.75 Å². The summed E-state index contributed by atoms with van der Waals surface area (Å²) in [6, 6.07) is 10.9. The van der Waals surface area contributed by atoms with Crippen LogP contribution in [0.15, 0.2) is 36.4 Å². The number of amides is 1. The van der Waals surface area contributed by atoms with Crippen LogP contribution in [-0.2, 0) is 6.42 Å². The molecule has 2 aromatic rings. The lowest BCUT2D eigenvalue weighted by Crippen LogP contribution is -2.37. The number of benzene rings is 2. The summed E-state index contributed by atoms with van der Waals surface area (Å²) in [4.78, 5) is 19.0. The normalized spacial score (nSPS) is 19.0. The van der Waals surface area contributed by atoms with Crippen molar-refractivity contribution in [2.24, 2.45) is 0 Å². The van der Waals surface area contributed by atoms with E-state index in [0.717, 1.165) is 25.1 Å². The molecule has 1 saturated heterocycles. The Bertz CT molecular complexity index is 1000. The zero-order valence-electron chi connectivity index (χ0n) is 19.3. The number of aliphatic hydroxyl groups is 1. The second kappa shape index (κ2) is 8.71. The van der Waals surface area contributed by atoms with Crippen molar-refractivity contribution in [3.63, 3.8) is 0 Å². The third kappa shape index (κ3) is 4.74. The van der Waals surface area contributed by atoms with E-state index in [1.807, 2.05) is 12.1 Å². The topological polar surface area (TPSA) is 56.3 Å². The molecule has 1 amide bonds. The third-order valence-electron chi connectivity index (χ3n) is 6.23. The SMILES string of the molecule is CN(C)[C@@H]1CCN(c2ccc(N3CCc4cc(OCC(C)(C)O)ccc4C3=O)cc2F)C1. The molecule has 1 fully saturated rings. The highest BCUT2D eigenvalue weighted by atomic mass is 19.1. The number of ether oxygens (including phenoxy) is 1. The van der Waals surface area contributed by atoms with E-state index in [4.69, 9.17) is 4.74 Å². The lowest BCUT2D eigenvalue weighted by molar-refractivity contribution is 0.0284. The number of hydrogen-bond acceptors (Lipinski definition) is 5. The lowest BCUT2D eigenvalue weighted by atomic mass is 9.98.